The van der Waals surface area contributed by atoms with Crippen molar-refractivity contribution in [2.24, 2.45) is 5.73 Å². The summed E-state index contributed by atoms with van der Waals surface area (Å²) in [6.07, 6.45) is 0.466. The number of hydrogen-bond donors (Lipinski definition) is 2. The van der Waals surface area contributed by atoms with E-state index in [4.69, 9.17) is 10.8 Å². The second-order valence-corrected chi connectivity index (χ2v) is 2.71. The Bertz CT molecular complexity index is 84.2. The highest BCUT2D eigenvalue weighted by atomic mass is 16.3. The topological polar surface area (TPSA) is 49.5 Å². The van der Waals surface area contributed by atoms with Gasteiger partial charge >= 0.3 is 0 Å². The van der Waals surface area contributed by atoms with E-state index in [9.17, 15) is 0 Å². The second kappa shape index (κ2) is 6.58. The zero-order valence-electron chi connectivity index (χ0n) is 7.58. The van der Waals surface area contributed by atoms with E-state index in [1.807, 2.05) is 0 Å². The van der Waals surface area contributed by atoms with Crippen LogP contribution in [0.15, 0.2) is 0 Å². The van der Waals surface area contributed by atoms with Crippen molar-refractivity contribution in [1.82, 2.24) is 4.90 Å². The lowest BCUT2D eigenvalue weighted by molar-refractivity contribution is 0.150. The van der Waals surface area contributed by atoms with E-state index in [-0.39, 0.29) is 6.10 Å². The van der Waals surface area contributed by atoms with Crippen molar-refractivity contribution >= 4 is 0 Å². The molecule has 3 nitrogen and oxygen atoms in total. The Kier molecular flexibility index (Phi) is 6.51. The Morgan fingerprint density at radius 3 is 2.27 bits per heavy atom. The third kappa shape index (κ3) is 5.18. The largest absolute Gasteiger partial charge is 0.392 e. The van der Waals surface area contributed by atoms with Crippen LogP contribution in [0.4, 0.5) is 0 Å². The molecular weight excluding hydrogens is 140 g/mol. The van der Waals surface area contributed by atoms with Gasteiger partial charge in [-0.3, -0.25) is 0 Å². The van der Waals surface area contributed by atoms with Crippen LogP contribution < -0.4 is 5.73 Å². The van der Waals surface area contributed by atoms with Crippen molar-refractivity contribution < 1.29 is 5.11 Å². The Morgan fingerprint density at radius 2 is 1.91 bits per heavy atom. The normalized spacial score (nSPS) is 13.9. The predicted molar refractivity (Wildman–Crippen MR) is 47.5 cm³/mol. The van der Waals surface area contributed by atoms with Crippen molar-refractivity contribution in [3.8, 4) is 0 Å². The lowest BCUT2D eigenvalue weighted by Gasteiger charge is -2.19. The Balaban J connectivity index is 3.34. The molecule has 0 amide bonds. The van der Waals surface area contributed by atoms with Crippen LogP contribution in [0.5, 0.6) is 0 Å². The third-order valence-electron chi connectivity index (χ3n) is 1.95. The van der Waals surface area contributed by atoms with E-state index < -0.39 is 0 Å². The molecule has 11 heavy (non-hydrogen) atoms. The first-order chi connectivity index (χ1) is 5.24. The number of rotatable bonds is 6. The van der Waals surface area contributed by atoms with E-state index in [0.29, 0.717) is 6.54 Å². The SMILES string of the molecule is CCN(CC)CC[C@H](O)CN. The maximum atomic E-state index is 9.15. The number of aliphatic hydroxyl groups excluding tert-OH is 1. The molecule has 3 heteroatoms. The lowest BCUT2D eigenvalue weighted by Crippen LogP contribution is -2.29. The predicted octanol–water partition coefficient (Wildman–Crippen LogP) is 0.0379. The van der Waals surface area contributed by atoms with E-state index in [0.717, 1.165) is 26.1 Å². The molecule has 0 saturated heterocycles. The summed E-state index contributed by atoms with van der Waals surface area (Å²) in [7, 11) is 0. The molecule has 0 rings (SSSR count). The van der Waals surface area contributed by atoms with Crippen molar-refractivity contribution in [3.05, 3.63) is 0 Å². The van der Waals surface area contributed by atoms with Gasteiger partial charge in [-0.25, -0.2) is 0 Å². The molecule has 0 aliphatic rings. The smallest absolute Gasteiger partial charge is 0.0674 e. The summed E-state index contributed by atoms with van der Waals surface area (Å²) in [5, 5.41) is 9.15. The van der Waals surface area contributed by atoms with Gasteiger partial charge in [0.2, 0.25) is 0 Å². The highest BCUT2D eigenvalue weighted by molar-refractivity contribution is 4.59. The fraction of sp³-hybridized carbons (Fsp3) is 1.00. The molecule has 0 saturated carbocycles. The standard InChI is InChI=1S/C8H20N2O/c1-3-10(4-2)6-5-8(11)7-9/h8,11H,3-7,9H2,1-2H3/t8-/m0/s1. The average molecular weight is 160 g/mol. The van der Waals surface area contributed by atoms with Crippen LogP contribution in [0.3, 0.4) is 0 Å². The van der Waals surface area contributed by atoms with E-state index in [1.54, 1.807) is 0 Å². The molecule has 0 fully saturated rings. The summed E-state index contributed by atoms with van der Waals surface area (Å²) in [4.78, 5) is 2.28. The van der Waals surface area contributed by atoms with Gasteiger partial charge in [0.05, 0.1) is 6.10 Å². The van der Waals surface area contributed by atoms with Crippen LogP contribution in [-0.2, 0) is 0 Å². The van der Waals surface area contributed by atoms with Gasteiger partial charge in [-0.15, -0.1) is 0 Å². The Morgan fingerprint density at radius 1 is 1.36 bits per heavy atom. The van der Waals surface area contributed by atoms with Crippen LogP contribution in [0, 0.1) is 0 Å². The van der Waals surface area contributed by atoms with Gasteiger partial charge in [0.15, 0.2) is 0 Å². The van der Waals surface area contributed by atoms with Crippen LogP contribution in [0.2, 0.25) is 0 Å². The fourth-order valence-electron chi connectivity index (χ4n) is 0.989. The van der Waals surface area contributed by atoms with E-state index in [1.165, 1.54) is 0 Å². The van der Waals surface area contributed by atoms with Gasteiger partial charge in [-0.1, -0.05) is 13.8 Å². The highest BCUT2D eigenvalue weighted by Gasteiger charge is 2.03. The van der Waals surface area contributed by atoms with Crippen molar-refractivity contribution in [3.63, 3.8) is 0 Å². The molecule has 0 aliphatic carbocycles. The minimum Gasteiger partial charge on any atom is -0.392 e. The minimum absolute atomic E-state index is 0.324. The summed E-state index contributed by atoms with van der Waals surface area (Å²) in [5.41, 5.74) is 5.27. The monoisotopic (exact) mass is 160 g/mol. The lowest BCUT2D eigenvalue weighted by atomic mass is 10.2. The third-order valence-corrected chi connectivity index (χ3v) is 1.95. The zero-order valence-corrected chi connectivity index (χ0v) is 7.58. The molecule has 68 valence electrons. The van der Waals surface area contributed by atoms with Gasteiger partial charge in [0.1, 0.15) is 0 Å². The maximum absolute atomic E-state index is 9.15. The summed E-state index contributed by atoms with van der Waals surface area (Å²) in [6, 6.07) is 0. The summed E-state index contributed by atoms with van der Waals surface area (Å²) < 4.78 is 0. The molecule has 0 unspecified atom stereocenters. The number of nitrogens with zero attached hydrogens (tertiary/aromatic N) is 1. The van der Waals surface area contributed by atoms with Crippen LogP contribution in [-0.4, -0.2) is 42.3 Å². The van der Waals surface area contributed by atoms with Gasteiger partial charge in [0, 0.05) is 13.1 Å². The van der Waals surface area contributed by atoms with Gasteiger partial charge < -0.3 is 15.7 Å². The molecule has 0 bridgehead atoms. The number of hydrogen-bond acceptors (Lipinski definition) is 3. The molecule has 0 aromatic carbocycles. The van der Waals surface area contributed by atoms with Gasteiger partial charge in [0.25, 0.3) is 0 Å². The van der Waals surface area contributed by atoms with Gasteiger partial charge in [-0.2, -0.15) is 0 Å². The molecule has 0 radical (unpaired) electrons. The van der Waals surface area contributed by atoms with Crippen molar-refractivity contribution in [2.45, 2.75) is 26.4 Å². The van der Waals surface area contributed by atoms with E-state index in [2.05, 4.69) is 18.7 Å². The highest BCUT2D eigenvalue weighted by Crippen LogP contribution is 1.94. The fourth-order valence-corrected chi connectivity index (χ4v) is 0.989. The van der Waals surface area contributed by atoms with E-state index >= 15 is 0 Å². The number of nitrogens with two attached hydrogens (primary N) is 1. The van der Waals surface area contributed by atoms with Crippen molar-refractivity contribution in [1.29, 1.82) is 0 Å². The molecule has 0 aromatic heterocycles. The molecule has 1 atom stereocenters. The molecular formula is C8H20N2O. The first-order valence-corrected chi connectivity index (χ1v) is 4.35. The second-order valence-electron chi connectivity index (χ2n) is 2.71. The first kappa shape index (κ1) is 10.9. The Labute approximate surface area is 69.2 Å². The van der Waals surface area contributed by atoms with Gasteiger partial charge in [-0.05, 0) is 19.5 Å². The van der Waals surface area contributed by atoms with Crippen molar-refractivity contribution in [2.75, 3.05) is 26.2 Å². The molecule has 0 aliphatic heterocycles. The Hall–Kier alpha value is -0.120. The minimum atomic E-state index is -0.324. The van der Waals surface area contributed by atoms with Crippen LogP contribution in [0.1, 0.15) is 20.3 Å². The quantitative estimate of drug-likeness (QED) is 0.576. The molecule has 0 aromatic rings. The molecule has 0 heterocycles. The summed E-state index contributed by atoms with van der Waals surface area (Å²) in [6.45, 7) is 7.67. The summed E-state index contributed by atoms with van der Waals surface area (Å²) >= 11 is 0. The summed E-state index contributed by atoms with van der Waals surface area (Å²) in [5.74, 6) is 0. The zero-order chi connectivity index (χ0) is 8.69. The van der Waals surface area contributed by atoms with Crippen LogP contribution >= 0.6 is 0 Å². The average Bonchev–Trinajstić information content (AvgIpc) is 2.06. The maximum Gasteiger partial charge on any atom is 0.0674 e. The molecule has 3 N–H and O–H groups in total. The van der Waals surface area contributed by atoms with Crippen LogP contribution in [0.25, 0.3) is 0 Å². The first-order valence-electron chi connectivity index (χ1n) is 4.35. The number of aliphatic hydroxyl groups is 1. The molecule has 0 spiro atoms.